The number of hydrogen-bond donors (Lipinski definition) is 2. The lowest BCUT2D eigenvalue weighted by Gasteiger charge is -2.08. The second-order valence-corrected chi connectivity index (χ2v) is 6.11. The van der Waals surface area contributed by atoms with Crippen LogP contribution in [-0.2, 0) is 7.05 Å². The molecule has 8 nitrogen and oxygen atoms in total. The SMILES string of the molecule is Cn1ncc(NC(=O)c2cnn3ccc(N)nc23)c1-c1cccc(Cl)c1. The summed E-state index contributed by atoms with van der Waals surface area (Å²) in [6.45, 7) is 0. The first-order valence-corrected chi connectivity index (χ1v) is 8.10. The van der Waals surface area contributed by atoms with Gasteiger partial charge in [-0.05, 0) is 18.2 Å². The Morgan fingerprint density at radius 2 is 2.08 bits per heavy atom. The van der Waals surface area contributed by atoms with Crippen molar-refractivity contribution in [1.82, 2.24) is 24.4 Å². The number of carbonyl (C=O) groups is 1. The summed E-state index contributed by atoms with van der Waals surface area (Å²) in [7, 11) is 1.80. The van der Waals surface area contributed by atoms with Crippen LogP contribution >= 0.6 is 11.6 Å². The first-order chi connectivity index (χ1) is 12.5. The number of hydrogen-bond acceptors (Lipinski definition) is 5. The lowest BCUT2D eigenvalue weighted by Crippen LogP contribution is -2.13. The summed E-state index contributed by atoms with van der Waals surface area (Å²) >= 11 is 6.09. The number of nitrogens with two attached hydrogens (primary N) is 1. The second-order valence-electron chi connectivity index (χ2n) is 5.67. The highest BCUT2D eigenvalue weighted by molar-refractivity contribution is 6.30. The quantitative estimate of drug-likeness (QED) is 0.579. The minimum atomic E-state index is -0.352. The molecule has 3 heterocycles. The molecule has 4 rings (SSSR count). The molecule has 0 bridgehead atoms. The fourth-order valence-electron chi connectivity index (χ4n) is 2.74. The van der Waals surface area contributed by atoms with Crippen LogP contribution in [0.25, 0.3) is 16.9 Å². The van der Waals surface area contributed by atoms with E-state index in [-0.39, 0.29) is 5.91 Å². The topological polar surface area (TPSA) is 103 Å². The molecule has 3 aromatic heterocycles. The van der Waals surface area contributed by atoms with Gasteiger partial charge in [0.1, 0.15) is 11.4 Å². The molecule has 0 radical (unpaired) electrons. The van der Waals surface area contributed by atoms with Crippen molar-refractivity contribution >= 4 is 34.7 Å². The van der Waals surface area contributed by atoms with E-state index < -0.39 is 0 Å². The number of nitrogens with zero attached hydrogens (tertiary/aromatic N) is 5. The van der Waals surface area contributed by atoms with Gasteiger partial charge in [-0.15, -0.1) is 0 Å². The van der Waals surface area contributed by atoms with Gasteiger partial charge < -0.3 is 11.1 Å². The standard InChI is InChI=1S/C17H14ClN7O/c1-24-15(10-3-2-4-11(18)7-10)13(9-20-24)22-17(26)12-8-21-25-6-5-14(19)23-16(12)25/h2-9H,1H3,(H2,19,23)(H,22,26). The molecular weight excluding hydrogens is 354 g/mol. The lowest BCUT2D eigenvalue weighted by molar-refractivity contribution is 0.102. The Morgan fingerprint density at radius 3 is 2.88 bits per heavy atom. The van der Waals surface area contributed by atoms with Gasteiger partial charge in [-0.2, -0.15) is 10.2 Å². The monoisotopic (exact) mass is 367 g/mol. The van der Waals surface area contributed by atoms with E-state index in [1.54, 1.807) is 36.3 Å². The van der Waals surface area contributed by atoms with Crippen molar-refractivity contribution in [1.29, 1.82) is 0 Å². The minimum Gasteiger partial charge on any atom is -0.384 e. The molecule has 0 aliphatic carbocycles. The fourth-order valence-corrected chi connectivity index (χ4v) is 2.93. The Kier molecular flexibility index (Phi) is 3.81. The molecule has 0 fully saturated rings. The third-order valence-corrected chi connectivity index (χ3v) is 4.16. The average molecular weight is 368 g/mol. The predicted molar refractivity (Wildman–Crippen MR) is 99.0 cm³/mol. The van der Waals surface area contributed by atoms with Crippen LogP contribution in [0.4, 0.5) is 11.5 Å². The Hall–Kier alpha value is -3.39. The number of nitrogens with one attached hydrogen (secondary N) is 1. The van der Waals surface area contributed by atoms with E-state index in [2.05, 4.69) is 20.5 Å². The van der Waals surface area contributed by atoms with Crippen LogP contribution in [0, 0.1) is 0 Å². The van der Waals surface area contributed by atoms with Crippen molar-refractivity contribution in [3.63, 3.8) is 0 Å². The van der Waals surface area contributed by atoms with E-state index in [1.807, 2.05) is 18.2 Å². The number of nitrogen functional groups attached to an aromatic ring is 1. The van der Waals surface area contributed by atoms with Crippen molar-refractivity contribution in [2.24, 2.45) is 7.05 Å². The largest absolute Gasteiger partial charge is 0.384 e. The molecule has 1 aromatic carbocycles. The van der Waals surface area contributed by atoms with Crippen LogP contribution in [0.2, 0.25) is 5.02 Å². The Labute approximate surface area is 153 Å². The van der Waals surface area contributed by atoms with Crippen molar-refractivity contribution in [2.45, 2.75) is 0 Å². The minimum absolute atomic E-state index is 0.313. The zero-order chi connectivity index (χ0) is 18.3. The number of aromatic nitrogens is 5. The molecule has 26 heavy (non-hydrogen) atoms. The van der Waals surface area contributed by atoms with Crippen molar-refractivity contribution in [3.8, 4) is 11.3 Å². The summed E-state index contributed by atoms with van der Waals surface area (Å²) in [5.41, 5.74) is 8.56. The van der Waals surface area contributed by atoms with E-state index in [0.717, 1.165) is 11.3 Å². The van der Waals surface area contributed by atoms with Gasteiger partial charge in [0.2, 0.25) is 0 Å². The molecule has 0 spiro atoms. The number of fused-ring (bicyclic) bond motifs is 1. The van der Waals surface area contributed by atoms with Crippen molar-refractivity contribution < 1.29 is 4.79 Å². The molecule has 1 amide bonds. The molecular formula is C17H14ClN7O. The second kappa shape index (κ2) is 6.16. The third-order valence-electron chi connectivity index (χ3n) is 3.92. The van der Waals surface area contributed by atoms with Crippen LogP contribution in [0.15, 0.2) is 48.9 Å². The molecule has 4 aromatic rings. The Bertz CT molecular complexity index is 1130. The normalized spacial score (nSPS) is 11.0. The van der Waals surface area contributed by atoms with E-state index >= 15 is 0 Å². The highest BCUT2D eigenvalue weighted by Crippen LogP contribution is 2.29. The van der Waals surface area contributed by atoms with E-state index in [0.29, 0.717) is 27.7 Å². The van der Waals surface area contributed by atoms with Gasteiger partial charge in [0, 0.05) is 23.8 Å². The van der Waals surface area contributed by atoms with Crippen LogP contribution in [0.1, 0.15) is 10.4 Å². The summed E-state index contributed by atoms with van der Waals surface area (Å²) in [4.78, 5) is 16.9. The van der Waals surface area contributed by atoms with Gasteiger partial charge in [0.05, 0.1) is 23.8 Å². The molecule has 0 saturated carbocycles. The number of rotatable bonds is 3. The van der Waals surface area contributed by atoms with Gasteiger partial charge in [0.15, 0.2) is 5.65 Å². The summed E-state index contributed by atoms with van der Waals surface area (Å²) in [5, 5.41) is 11.8. The van der Waals surface area contributed by atoms with Crippen molar-refractivity contribution in [2.75, 3.05) is 11.1 Å². The number of amides is 1. The Balaban J connectivity index is 1.72. The van der Waals surface area contributed by atoms with Crippen molar-refractivity contribution in [3.05, 3.63) is 59.5 Å². The summed E-state index contributed by atoms with van der Waals surface area (Å²) in [6.07, 6.45) is 4.68. The molecule has 0 aliphatic heterocycles. The molecule has 130 valence electrons. The number of anilines is 2. The predicted octanol–water partition coefficient (Wildman–Crippen LogP) is 2.62. The Morgan fingerprint density at radius 1 is 1.23 bits per heavy atom. The summed E-state index contributed by atoms with van der Waals surface area (Å²) in [5.74, 6) is -0.0394. The van der Waals surface area contributed by atoms with Crippen LogP contribution in [-0.4, -0.2) is 30.3 Å². The number of benzene rings is 1. The van der Waals surface area contributed by atoms with E-state index in [9.17, 15) is 4.79 Å². The van der Waals surface area contributed by atoms with Crippen LogP contribution < -0.4 is 11.1 Å². The van der Waals surface area contributed by atoms with Gasteiger partial charge in [-0.1, -0.05) is 23.7 Å². The number of carbonyl (C=O) groups excluding carboxylic acids is 1. The highest BCUT2D eigenvalue weighted by atomic mass is 35.5. The first-order valence-electron chi connectivity index (χ1n) is 7.72. The maximum Gasteiger partial charge on any atom is 0.261 e. The highest BCUT2D eigenvalue weighted by Gasteiger charge is 2.18. The number of halogens is 1. The zero-order valence-corrected chi connectivity index (χ0v) is 14.5. The lowest BCUT2D eigenvalue weighted by atomic mass is 10.1. The van der Waals surface area contributed by atoms with Gasteiger partial charge in [-0.3, -0.25) is 9.48 Å². The smallest absolute Gasteiger partial charge is 0.261 e. The molecule has 0 atom stereocenters. The molecule has 0 unspecified atom stereocenters. The summed E-state index contributed by atoms with van der Waals surface area (Å²) in [6, 6.07) is 8.95. The van der Waals surface area contributed by atoms with Crippen LogP contribution in [0.5, 0.6) is 0 Å². The van der Waals surface area contributed by atoms with Gasteiger partial charge in [0.25, 0.3) is 5.91 Å². The molecule has 0 saturated heterocycles. The third kappa shape index (κ3) is 2.76. The average Bonchev–Trinajstić information content (AvgIpc) is 3.18. The number of aryl methyl sites for hydroxylation is 1. The molecule has 9 heteroatoms. The van der Waals surface area contributed by atoms with Gasteiger partial charge >= 0.3 is 0 Å². The molecule has 3 N–H and O–H groups in total. The first kappa shape index (κ1) is 16.1. The summed E-state index contributed by atoms with van der Waals surface area (Å²) < 4.78 is 3.17. The van der Waals surface area contributed by atoms with Gasteiger partial charge in [-0.25, -0.2) is 9.50 Å². The van der Waals surface area contributed by atoms with E-state index in [4.69, 9.17) is 17.3 Å². The van der Waals surface area contributed by atoms with E-state index in [1.165, 1.54) is 10.7 Å². The fraction of sp³-hybridized carbons (Fsp3) is 0.0588. The maximum atomic E-state index is 12.8. The van der Waals surface area contributed by atoms with Crippen LogP contribution in [0.3, 0.4) is 0 Å². The zero-order valence-electron chi connectivity index (χ0n) is 13.7. The maximum absolute atomic E-state index is 12.8. The molecule has 0 aliphatic rings.